The van der Waals surface area contributed by atoms with E-state index in [1.165, 1.54) is 0 Å². The molecule has 0 saturated carbocycles. The first-order valence-electron chi connectivity index (χ1n) is 0.200. The molecule has 0 radical (unpaired) electrons. The molecule has 0 aromatic rings. The van der Waals surface area contributed by atoms with Crippen LogP contribution in [0.25, 0.3) is 0 Å². The van der Waals surface area contributed by atoms with Crippen LogP contribution in [0, 0.1) is 10.8 Å². The van der Waals surface area contributed by atoms with Gasteiger partial charge >= 0.3 is 29.6 Å². The van der Waals surface area contributed by atoms with Gasteiger partial charge in [-0.2, -0.15) is 0 Å². The minimum Gasteiger partial charge on any atom is -1.00 e. The predicted molar refractivity (Wildman–Crippen MR) is 8.18 cm³/mol. The average molecular weight is 70.0 g/mol. The average Bonchev–Trinajstić information content (AvgIpc) is 1.00. The van der Waals surface area contributed by atoms with Crippen LogP contribution in [-0.2, 0) is 0 Å². The number of hydrogen-bond donors (Lipinski definition) is 0. The van der Waals surface area contributed by atoms with Gasteiger partial charge in [-0.3, -0.25) is 0 Å². The first kappa shape index (κ1) is 26.3. The summed E-state index contributed by atoms with van der Waals surface area (Å²) in [6.07, 6.45) is 0. The molecule has 0 atom stereocenters. The van der Waals surface area contributed by atoms with E-state index in [1.54, 1.807) is 0 Å². The molecule has 0 amide bonds. The molecule has 0 aliphatic heterocycles. The smallest absolute Gasteiger partial charge is 1.00 e. The van der Waals surface area contributed by atoms with Gasteiger partial charge in [-0.05, 0) is 0 Å². The van der Waals surface area contributed by atoms with Crippen LogP contribution >= 0.6 is 0 Å². The minimum absolute atomic E-state index is 0. The summed E-state index contributed by atoms with van der Waals surface area (Å²) in [5.41, 5.74) is 0. The summed E-state index contributed by atoms with van der Waals surface area (Å²) < 4.78 is 0. The molecule has 0 fully saturated rings. The third-order valence-corrected chi connectivity index (χ3v) is 0. The maximum atomic E-state index is 6.00. The summed E-state index contributed by atoms with van der Waals surface area (Å²) >= 11 is 0. The standard InChI is InChI=1S/N2.Na.H2O.H/c1-2;;;/h;;1H2;/q;+1;;-1. The molecule has 2 N–H and O–H groups in total. The fraction of sp³-hybridized carbons (Fsp3) is 0. The summed E-state index contributed by atoms with van der Waals surface area (Å²) in [6, 6.07) is 0. The molecule has 0 aliphatic carbocycles. The summed E-state index contributed by atoms with van der Waals surface area (Å²) in [5.74, 6) is 0. The van der Waals surface area contributed by atoms with Crippen molar-refractivity contribution in [3.63, 3.8) is 0 Å². The zero-order chi connectivity index (χ0) is 2.00. The molecule has 4 heteroatoms. The minimum atomic E-state index is 0. The fourth-order valence-electron chi connectivity index (χ4n) is 0. The van der Waals surface area contributed by atoms with Crippen molar-refractivity contribution < 1.29 is 36.5 Å². The van der Waals surface area contributed by atoms with E-state index in [9.17, 15) is 0 Å². The first-order valence-corrected chi connectivity index (χ1v) is 0.200. The van der Waals surface area contributed by atoms with Gasteiger partial charge in [0.25, 0.3) is 0 Å². The molecule has 0 aromatic carbocycles. The Hall–Kier alpha value is 0.380. The normalized spacial score (nSPS) is 0.500. The second-order valence-electron chi connectivity index (χ2n) is 0. The van der Waals surface area contributed by atoms with E-state index in [2.05, 4.69) is 0 Å². The van der Waals surface area contributed by atoms with Gasteiger partial charge in [0.1, 0.15) is 0 Å². The quantitative estimate of drug-likeness (QED) is 0.217. The maximum absolute atomic E-state index is 6.00. The molecule has 20 valence electrons. The van der Waals surface area contributed by atoms with E-state index >= 15 is 0 Å². The van der Waals surface area contributed by atoms with Gasteiger partial charge in [-0.25, -0.2) is 0 Å². The van der Waals surface area contributed by atoms with E-state index in [0.29, 0.717) is 0 Å². The van der Waals surface area contributed by atoms with Crippen molar-refractivity contribution >= 4 is 0 Å². The van der Waals surface area contributed by atoms with Crippen LogP contribution in [0.3, 0.4) is 0 Å². The second-order valence-corrected chi connectivity index (χ2v) is 0. The van der Waals surface area contributed by atoms with E-state index < -0.39 is 0 Å². The molecule has 0 heterocycles. The number of hydrogen-bond acceptors (Lipinski definition) is 2. The molecule has 0 aromatic heterocycles. The summed E-state index contributed by atoms with van der Waals surface area (Å²) in [4.78, 5) is 0. The first-order chi connectivity index (χ1) is 1.00. The van der Waals surface area contributed by atoms with Crippen molar-refractivity contribution in [3.05, 3.63) is 0 Å². The molecule has 4 heavy (non-hydrogen) atoms. The molecule has 0 aliphatic rings. The predicted octanol–water partition coefficient (Wildman–Crippen LogP) is -3.68. The Morgan fingerprint density at radius 3 is 1.25 bits per heavy atom. The van der Waals surface area contributed by atoms with Crippen LogP contribution in [0.1, 0.15) is 1.43 Å². The van der Waals surface area contributed by atoms with Gasteiger partial charge < -0.3 is 6.90 Å². The molecular formula is H3N2NaO. The third kappa shape index (κ3) is 31.4. The van der Waals surface area contributed by atoms with E-state index in [4.69, 9.17) is 10.8 Å². The Morgan fingerprint density at radius 1 is 1.25 bits per heavy atom. The Labute approximate surface area is 47.5 Å². The van der Waals surface area contributed by atoms with Crippen molar-refractivity contribution in [2.75, 3.05) is 0 Å². The van der Waals surface area contributed by atoms with Crippen molar-refractivity contribution in [1.82, 2.24) is 0 Å². The van der Waals surface area contributed by atoms with Gasteiger partial charge in [-0.15, -0.1) is 0 Å². The van der Waals surface area contributed by atoms with E-state index in [-0.39, 0.29) is 36.5 Å². The largest absolute Gasteiger partial charge is 1.00 e. The molecule has 0 bridgehead atoms. The molecule has 0 saturated heterocycles. The van der Waals surface area contributed by atoms with Gasteiger partial charge in [-0.1, -0.05) is 0 Å². The molecular weight excluding hydrogens is 67.0 g/mol. The van der Waals surface area contributed by atoms with Crippen LogP contribution in [0.5, 0.6) is 0 Å². The summed E-state index contributed by atoms with van der Waals surface area (Å²) in [6.45, 7) is 0. The maximum Gasteiger partial charge on any atom is 1.00 e. The Morgan fingerprint density at radius 2 is 1.25 bits per heavy atom. The Kier molecular flexibility index (Phi) is 871. The summed E-state index contributed by atoms with van der Waals surface area (Å²) in [5, 5.41) is 12.0. The van der Waals surface area contributed by atoms with Crippen LogP contribution in [-0.4, -0.2) is 5.48 Å². The van der Waals surface area contributed by atoms with Crippen LogP contribution in [0.2, 0.25) is 0 Å². The summed E-state index contributed by atoms with van der Waals surface area (Å²) in [7, 11) is 0. The number of rotatable bonds is 0. The zero-order valence-corrected chi connectivity index (χ0v) is 4.39. The van der Waals surface area contributed by atoms with Gasteiger partial charge in [0.05, 0.1) is 0 Å². The van der Waals surface area contributed by atoms with E-state index in [0.717, 1.165) is 0 Å². The van der Waals surface area contributed by atoms with Crippen molar-refractivity contribution in [2.24, 2.45) is 0 Å². The van der Waals surface area contributed by atoms with Gasteiger partial charge in [0.15, 0.2) is 0 Å². The molecule has 0 rings (SSSR count). The third-order valence-electron chi connectivity index (χ3n) is 0. The SMILES string of the molecule is N#N.O.[H-].[Na+]. The van der Waals surface area contributed by atoms with Crippen molar-refractivity contribution in [3.8, 4) is 0 Å². The van der Waals surface area contributed by atoms with Crippen LogP contribution < -0.4 is 29.6 Å². The van der Waals surface area contributed by atoms with Crippen LogP contribution in [0.15, 0.2) is 0 Å². The fourth-order valence-corrected chi connectivity index (χ4v) is 0. The monoisotopic (exact) mass is 70.0 g/mol. The van der Waals surface area contributed by atoms with Crippen molar-refractivity contribution in [1.29, 1.82) is 10.8 Å². The Balaban J connectivity index is -0.00000000167. The molecule has 0 unspecified atom stereocenters. The molecule has 0 spiro atoms. The van der Waals surface area contributed by atoms with Gasteiger partial charge in [0, 0.05) is 10.8 Å². The van der Waals surface area contributed by atoms with Crippen molar-refractivity contribution in [2.45, 2.75) is 0 Å². The molecule has 3 nitrogen and oxygen atoms in total. The van der Waals surface area contributed by atoms with Gasteiger partial charge in [0.2, 0.25) is 0 Å². The van der Waals surface area contributed by atoms with E-state index in [1.807, 2.05) is 0 Å². The Bertz CT molecular complexity index is 14.4. The van der Waals surface area contributed by atoms with Crippen LogP contribution in [0.4, 0.5) is 0 Å². The number of nitrogens with zero attached hydrogens (tertiary/aromatic N) is 2. The zero-order valence-electron chi connectivity index (χ0n) is 3.39. The second kappa shape index (κ2) is 133. The topological polar surface area (TPSA) is 79.1 Å².